The van der Waals surface area contributed by atoms with Gasteiger partial charge in [0.25, 0.3) is 5.69 Å². The van der Waals surface area contributed by atoms with Crippen LogP contribution in [0.25, 0.3) is 0 Å². The highest BCUT2D eigenvalue weighted by Crippen LogP contribution is 2.27. The second-order valence-corrected chi connectivity index (χ2v) is 7.48. The van der Waals surface area contributed by atoms with Crippen molar-refractivity contribution >= 4 is 21.7 Å². The highest BCUT2D eigenvalue weighted by Gasteiger charge is 2.33. The molecule has 25 heavy (non-hydrogen) atoms. The molecule has 0 spiro atoms. The summed E-state index contributed by atoms with van der Waals surface area (Å²) in [6, 6.07) is 4.65. The van der Waals surface area contributed by atoms with E-state index in [4.69, 9.17) is 5.11 Å². The van der Waals surface area contributed by atoms with Gasteiger partial charge < -0.3 is 5.11 Å². The quantitative estimate of drug-likeness (QED) is 0.623. The van der Waals surface area contributed by atoms with E-state index < -0.39 is 20.9 Å². The predicted octanol–water partition coefficient (Wildman–Crippen LogP) is 0.773. The second-order valence-electron chi connectivity index (χ2n) is 5.54. The van der Waals surface area contributed by atoms with Gasteiger partial charge in [-0.25, -0.2) is 13.2 Å². The first-order valence-electron chi connectivity index (χ1n) is 7.24. The Morgan fingerprint density at radius 2 is 1.96 bits per heavy atom. The lowest BCUT2D eigenvalue weighted by molar-refractivity contribution is -0.384. The molecule has 0 fully saturated rings. The molecule has 0 unspecified atom stereocenters. The average Bonchev–Trinajstić information content (AvgIpc) is 2.91. The molecule has 1 N–H and O–H groups in total. The fraction of sp³-hybridized carbons (Fsp3) is 0.286. The van der Waals surface area contributed by atoms with E-state index >= 15 is 0 Å². The Morgan fingerprint density at radius 1 is 1.32 bits per heavy atom. The molecule has 0 atom stereocenters. The van der Waals surface area contributed by atoms with E-state index in [-0.39, 0.29) is 35.8 Å². The van der Waals surface area contributed by atoms with Crippen molar-refractivity contribution in [2.75, 3.05) is 6.54 Å². The van der Waals surface area contributed by atoms with E-state index in [0.717, 1.165) is 12.1 Å². The minimum Gasteiger partial charge on any atom is -0.476 e. The molecule has 132 valence electrons. The lowest BCUT2D eigenvalue weighted by Crippen LogP contribution is -2.36. The highest BCUT2D eigenvalue weighted by molar-refractivity contribution is 7.89. The summed E-state index contributed by atoms with van der Waals surface area (Å²) in [5, 5.41) is 23.8. The van der Waals surface area contributed by atoms with Gasteiger partial charge in [-0.3, -0.25) is 14.8 Å². The standard InChI is InChI=1S/C14H14N4O6S/c1-16-12-8-17(7-6-11(12)13(15-16)14(19)20)25(23,24)10-4-2-9(3-5-10)18(21)22/h2-5H,6-8H2,1H3,(H,19,20). The highest BCUT2D eigenvalue weighted by atomic mass is 32.2. The Hall–Kier alpha value is -2.79. The third-order valence-corrected chi connectivity index (χ3v) is 5.96. The minimum atomic E-state index is -3.85. The van der Waals surface area contributed by atoms with Crippen molar-refractivity contribution in [2.45, 2.75) is 17.9 Å². The van der Waals surface area contributed by atoms with Crippen LogP contribution in [0.5, 0.6) is 0 Å². The lowest BCUT2D eigenvalue weighted by Gasteiger charge is -2.26. The Kier molecular flexibility index (Phi) is 4.05. The van der Waals surface area contributed by atoms with Gasteiger partial charge in [-0.05, 0) is 18.6 Å². The van der Waals surface area contributed by atoms with Crippen LogP contribution in [0.2, 0.25) is 0 Å². The van der Waals surface area contributed by atoms with Crippen LogP contribution in [-0.4, -0.2) is 45.0 Å². The molecule has 10 nitrogen and oxygen atoms in total. The van der Waals surface area contributed by atoms with Crippen LogP contribution in [0.4, 0.5) is 5.69 Å². The summed E-state index contributed by atoms with van der Waals surface area (Å²) in [6.45, 7) is 0.101. The van der Waals surface area contributed by atoms with Gasteiger partial charge in [-0.2, -0.15) is 9.40 Å². The Morgan fingerprint density at radius 3 is 2.52 bits per heavy atom. The lowest BCUT2D eigenvalue weighted by atomic mass is 10.1. The third kappa shape index (κ3) is 2.87. The van der Waals surface area contributed by atoms with Crippen molar-refractivity contribution in [1.29, 1.82) is 0 Å². The van der Waals surface area contributed by atoms with Gasteiger partial charge in [-0.1, -0.05) is 0 Å². The molecule has 1 aliphatic heterocycles. The number of hydrogen-bond donors (Lipinski definition) is 1. The number of sulfonamides is 1. The number of nitro benzene ring substituents is 1. The van der Waals surface area contributed by atoms with E-state index in [0.29, 0.717) is 11.3 Å². The first-order chi connectivity index (χ1) is 11.7. The number of fused-ring (bicyclic) bond motifs is 1. The monoisotopic (exact) mass is 366 g/mol. The van der Waals surface area contributed by atoms with Crippen LogP contribution in [0, 0.1) is 10.1 Å². The predicted molar refractivity (Wildman–Crippen MR) is 84.6 cm³/mol. The number of rotatable bonds is 4. The van der Waals surface area contributed by atoms with Crippen molar-refractivity contribution < 1.29 is 23.2 Å². The van der Waals surface area contributed by atoms with Crippen LogP contribution in [0.15, 0.2) is 29.2 Å². The third-order valence-electron chi connectivity index (χ3n) is 4.10. The molecule has 11 heteroatoms. The number of carbonyl (C=O) groups is 1. The minimum absolute atomic E-state index is 0.00850. The van der Waals surface area contributed by atoms with Crippen LogP contribution in [0.3, 0.4) is 0 Å². The van der Waals surface area contributed by atoms with Crippen molar-refractivity contribution in [3.05, 3.63) is 51.3 Å². The summed E-state index contributed by atoms with van der Waals surface area (Å²) in [4.78, 5) is 21.2. The van der Waals surface area contributed by atoms with Crippen LogP contribution in [-0.2, 0) is 30.0 Å². The normalized spacial score (nSPS) is 14.9. The van der Waals surface area contributed by atoms with Gasteiger partial charge in [0.2, 0.25) is 10.0 Å². The molecule has 0 radical (unpaired) electrons. The maximum absolute atomic E-state index is 12.7. The first-order valence-corrected chi connectivity index (χ1v) is 8.68. The molecule has 1 aliphatic rings. The molecule has 0 aliphatic carbocycles. The molecule has 2 heterocycles. The van der Waals surface area contributed by atoms with Crippen molar-refractivity contribution in [3.8, 4) is 0 Å². The smallest absolute Gasteiger partial charge is 0.356 e. The maximum atomic E-state index is 12.7. The zero-order chi connectivity index (χ0) is 18.4. The molecule has 0 saturated heterocycles. The molecule has 3 rings (SSSR count). The van der Waals surface area contributed by atoms with Crippen LogP contribution >= 0.6 is 0 Å². The number of benzene rings is 1. The fourth-order valence-electron chi connectivity index (χ4n) is 2.81. The van der Waals surface area contributed by atoms with Gasteiger partial charge in [-0.15, -0.1) is 0 Å². The van der Waals surface area contributed by atoms with Crippen LogP contribution < -0.4 is 0 Å². The van der Waals surface area contributed by atoms with Crippen molar-refractivity contribution in [2.24, 2.45) is 7.05 Å². The summed E-state index contributed by atoms with van der Waals surface area (Å²) in [7, 11) is -2.29. The number of nitro groups is 1. The summed E-state index contributed by atoms with van der Waals surface area (Å²) >= 11 is 0. The van der Waals surface area contributed by atoms with Crippen molar-refractivity contribution in [3.63, 3.8) is 0 Å². The number of aromatic nitrogens is 2. The average molecular weight is 366 g/mol. The van der Waals surface area contributed by atoms with E-state index in [1.54, 1.807) is 7.05 Å². The summed E-state index contributed by atoms with van der Waals surface area (Å²) in [5.41, 5.74) is 0.793. The molecule has 1 aromatic heterocycles. The largest absolute Gasteiger partial charge is 0.476 e. The first kappa shape index (κ1) is 17.0. The molecule has 0 amide bonds. The van der Waals surface area contributed by atoms with Crippen LogP contribution in [0.1, 0.15) is 21.7 Å². The molecule has 2 aromatic rings. The Labute approximate surface area is 142 Å². The molecular formula is C14H14N4O6S. The van der Waals surface area contributed by atoms with E-state index in [9.17, 15) is 23.3 Å². The number of non-ortho nitro benzene ring substituents is 1. The number of aryl methyl sites for hydroxylation is 1. The fourth-order valence-corrected chi connectivity index (χ4v) is 4.21. The molecule has 1 aromatic carbocycles. The zero-order valence-corrected chi connectivity index (χ0v) is 13.9. The maximum Gasteiger partial charge on any atom is 0.356 e. The molecule has 0 saturated carbocycles. The number of hydrogen-bond acceptors (Lipinski definition) is 6. The second kappa shape index (κ2) is 5.93. The number of nitrogens with zero attached hydrogens (tertiary/aromatic N) is 4. The van der Waals surface area contributed by atoms with E-state index in [1.807, 2.05) is 0 Å². The molecular weight excluding hydrogens is 352 g/mol. The van der Waals surface area contributed by atoms with Gasteiger partial charge in [0.15, 0.2) is 5.69 Å². The van der Waals surface area contributed by atoms with E-state index in [1.165, 1.54) is 21.1 Å². The number of carboxylic acid groups (broad SMARTS) is 1. The summed E-state index contributed by atoms with van der Waals surface area (Å²) < 4.78 is 28.1. The van der Waals surface area contributed by atoms with Gasteiger partial charge in [0, 0.05) is 31.3 Å². The SMILES string of the molecule is Cn1nc(C(=O)O)c2c1CN(S(=O)(=O)c1ccc([N+](=O)[O-])cc1)CC2. The summed E-state index contributed by atoms with van der Waals surface area (Å²) in [6.07, 6.45) is 0.233. The Balaban J connectivity index is 1.92. The van der Waals surface area contributed by atoms with Gasteiger partial charge in [0.1, 0.15) is 0 Å². The van der Waals surface area contributed by atoms with E-state index in [2.05, 4.69) is 5.10 Å². The van der Waals surface area contributed by atoms with Gasteiger partial charge >= 0.3 is 5.97 Å². The molecule has 0 bridgehead atoms. The van der Waals surface area contributed by atoms with Crippen molar-refractivity contribution in [1.82, 2.24) is 14.1 Å². The zero-order valence-electron chi connectivity index (χ0n) is 13.1. The topological polar surface area (TPSA) is 136 Å². The summed E-state index contributed by atoms with van der Waals surface area (Å²) in [5.74, 6) is -1.15. The number of carboxylic acids is 1. The Bertz CT molecular complexity index is 964. The van der Waals surface area contributed by atoms with Gasteiger partial charge in [0.05, 0.1) is 22.1 Å². The number of aromatic carboxylic acids is 1.